The van der Waals surface area contributed by atoms with Gasteiger partial charge in [0.1, 0.15) is 6.20 Å². The van der Waals surface area contributed by atoms with Gasteiger partial charge in [-0.3, -0.25) is 0 Å². The summed E-state index contributed by atoms with van der Waals surface area (Å²) in [5, 5.41) is 13.2. The van der Waals surface area contributed by atoms with Gasteiger partial charge >= 0.3 is 5.82 Å². The van der Waals surface area contributed by atoms with E-state index in [-0.39, 0.29) is 10.7 Å². The summed E-state index contributed by atoms with van der Waals surface area (Å²) >= 11 is 3.32. The van der Waals surface area contributed by atoms with Crippen LogP contribution in [0.2, 0.25) is 0 Å². The van der Waals surface area contributed by atoms with E-state index in [1.807, 2.05) is 17.1 Å². The Balaban J connectivity index is 2.09. The van der Waals surface area contributed by atoms with Crippen molar-refractivity contribution in [2.45, 2.75) is 19.4 Å². The topological polar surface area (TPSA) is 63.7 Å². The second-order valence-corrected chi connectivity index (χ2v) is 6.61. The summed E-state index contributed by atoms with van der Waals surface area (Å²) in [6.07, 6.45) is 2.75. The first-order chi connectivity index (χ1) is 9.18. The number of hydrogen-bond acceptors (Lipinski definition) is 6. The maximum absolute atomic E-state index is 11.3. The fraction of sp³-hybridized carbons (Fsp3) is 0.545. The third-order valence-corrected chi connectivity index (χ3v) is 5.10. The van der Waals surface area contributed by atoms with E-state index in [4.69, 9.17) is 0 Å². The van der Waals surface area contributed by atoms with E-state index >= 15 is 0 Å². The molecule has 8 heteroatoms. The molecule has 1 saturated heterocycles. The number of fused-ring (bicyclic) bond motifs is 1. The molecule has 1 unspecified atom stereocenters. The van der Waals surface area contributed by atoms with Gasteiger partial charge in [0.15, 0.2) is 0 Å². The van der Waals surface area contributed by atoms with Gasteiger partial charge in [-0.05, 0) is 24.0 Å². The Morgan fingerprint density at radius 2 is 2.37 bits per heavy atom. The Bertz CT molecular complexity index is 609. The maximum atomic E-state index is 11.3. The highest BCUT2D eigenvalue weighted by molar-refractivity contribution is 7.99. The van der Waals surface area contributed by atoms with Gasteiger partial charge < -0.3 is 15.0 Å². The van der Waals surface area contributed by atoms with Crippen LogP contribution in [0.15, 0.2) is 11.6 Å². The molecule has 3 rings (SSSR count). The molecule has 0 N–H and O–H groups in total. The maximum Gasteiger partial charge on any atom is 0.373 e. The van der Waals surface area contributed by atoms with Crippen molar-refractivity contribution in [2.75, 3.05) is 23.0 Å². The molecule has 1 aliphatic rings. The lowest BCUT2D eigenvalue weighted by atomic mass is 10.2. The molecule has 3 heterocycles. The van der Waals surface area contributed by atoms with Crippen molar-refractivity contribution in [2.24, 2.45) is 0 Å². The first kappa shape index (κ1) is 12.7. The number of thiazole rings is 1. The molecule has 1 fully saturated rings. The van der Waals surface area contributed by atoms with Crippen molar-refractivity contribution in [1.82, 2.24) is 9.38 Å². The van der Waals surface area contributed by atoms with Gasteiger partial charge in [-0.25, -0.2) is 0 Å². The third kappa shape index (κ3) is 2.18. The Kier molecular flexibility index (Phi) is 3.36. The SMILES string of the molecule is CC1CCSCCN1c1nc2sccn2c1[N+](=O)[O-]. The van der Waals surface area contributed by atoms with Crippen molar-refractivity contribution < 1.29 is 4.92 Å². The van der Waals surface area contributed by atoms with E-state index in [0.29, 0.717) is 16.8 Å². The minimum Gasteiger partial charge on any atom is -0.358 e. The van der Waals surface area contributed by atoms with Crippen LogP contribution in [0, 0.1) is 10.1 Å². The molecule has 1 atom stereocenters. The smallest absolute Gasteiger partial charge is 0.358 e. The van der Waals surface area contributed by atoms with E-state index in [1.54, 1.807) is 10.6 Å². The van der Waals surface area contributed by atoms with Gasteiger partial charge in [-0.2, -0.15) is 21.1 Å². The van der Waals surface area contributed by atoms with Gasteiger partial charge in [0.25, 0.3) is 4.96 Å². The Hall–Kier alpha value is -1.28. The van der Waals surface area contributed by atoms with Crippen molar-refractivity contribution >= 4 is 39.7 Å². The lowest BCUT2D eigenvalue weighted by Crippen LogP contribution is -2.34. The molecule has 0 aromatic carbocycles. The van der Waals surface area contributed by atoms with Crippen molar-refractivity contribution in [3.63, 3.8) is 0 Å². The van der Waals surface area contributed by atoms with Crippen LogP contribution in [-0.4, -0.2) is 38.4 Å². The second kappa shape index (κ2) is 5.01. The van der Waals surface area contributed by atoms with E-state index < -0.39 is 0 Å². The van der Waals surface area contributed by atoms with E-state index in [2.05, 4.69) is 16.8 Å². The summed E-state index contributed by atoms with van der Waals surface area (Å²) in [6, 6.07) is 0.290. The van der Waals surface area contributed by atoms with Crippen LogP contribution < -0.4 is 4.90 Å². The highest BCUT2D eigenvalue weighted by Crippen LogP contribution is 2.33. The van der Waals surface area contributed by atoms with E-state index in [1.165, 1.54) is 11.3 Å². The molecule has 19 heavy (non-hydrogen) atoms. The van der Waals surface area contributed by atoms with Crippen LogP contribution >= 0.6 is 23.1 Å². The number of rotatable bonds is 2. The molecule has 0 amide bonds. The quantitative estimate of drug-likeness (QED) is 0.630. The summed E-state index contributed by atoms with van der Waals surface area (Å²) in [6.45, 7) is 2.93. The summed E-state index contributed by atoms with van der Waals surface area (Å²) in [4.78, 5) is 18.3. The Morgan fingerprint density at radius 1 is 1.53 bits per heavy atom. The lowest BCUT2D eigenvalue weighted by Gasteiger charge is -2.25. The van der Waals surface area contributed by atoms with Crippen LogP contribution in [0.25, 0.3) is 4.96 Å². The monoisotopic (exact) mass is 298 g/mol. The predicted octanol–water partition coefficient (Wildman–Crippen LogP) is 2.64. The average Bonchev–Trinajstić information content (AvgIpc) is 2.86. The Morgan fingerprint density at radius 3 is 3.16 bits per heavy atom. The number of anilines is 1. The molecular weight excluding hydrogens is 284 g/mol. The van der Waals surface area contributed by atoms with Crippen molar-refractivity contribution in [3.05, 3.63) is 21.7 Å². The van der Waals surface area contributed by atoms with Crippen LogP contribution in [0.5, 0.6) is 0 Å². The van der Waals surface area contributed by atoms with Crippen molar-refractivity contribution in [3.8, 4) is 0 Å². The number of nitro groups is 1. The molecule has 2 aromatic heterocycles. The zero-order chi connectivity index (χ0) is 13.4. The summed E-state index contributed by atoms with van der Waals surface area (Å²) in [7, 11) is 0. The van der Waals surface area contributed by atoms with Crippen LogP contribution in [0.1, 0.15) is 13.3 Å². The zero-order valence-corrected chi connectivity index (χ0v) is 12.1. The van der Waals surface area contributed by atoms with Crippen LogP contribution in [-0.2, 0) is 0 Å². The standard InChI is InChI=1S/C11H14N4O2S2/c1-8-2-5-18-6-3-13(8)9-10(15(16)17)14-4-7-19-11(14)12-9/h4,7-8H,2-3,5-6H2,1H3. The summed E-state index contributed by atoms with van der Waals surface area (Å²) in [5.41, 5.74) is 0. The summed E-state index contributed by atoms with van der Waals surface area (Å²) in [5.74, 6) is 2.71. The van der Waals surface area contributed by atoms with Crippen LogP contribution in [0.4, 0.5) is 11.6 Å². The van der Waals surface area contributed by atoms with E-state index in [0.717, 1.165) is 24.5 Å². The predicted molar refractivity (Wildman–Crippen MR) is 78.5 cm³/mol. The number of nitrogens with zero attached hydrogens (tertiary/aromatic N) is 4. The molecule has 6 nitrogen and oxygen atoms in total. The molecule has 0 aliphatic carbocycles. The first-order valence-electron chi connectivity index (χ1n) is 6.13. The molecule has 0 spiro atoms. The van der Waals surface area contributed by atoms with E-state index in [9.17, 15) is 10.1 Å². The highest BCUT2D eigenvalue weighted by atomic mass is 32.2. The molecule has 102 valence electrons. The second-order valence-electron chi connectivity index (χ2n) is 4.52. The lowest BCUT2D eigenvalue weighted by molar-refractivity contribution is -0.389. The van der Waals surface area contributed by atoms with Gasteiger partial charge in [-0.1, -0.05) is 11.3 Å². The van der Waals surface area contributed by atoms with Gasteiger partial charge in [0, 0.05) is 23.7 Å². The van der Waals surface area contributed by atoms with Gasteiger partial charge in [0.2, 0.25) is 5.82 Å². The number of hydrogen-bond donors (Lipinski definition) is 0. The Labute approximate surface area is 118 Å². The molecule has 0 bridgehead atoms. The molecular formula is C11H14N4O2S2. The fourth-order valence-electron chi connectivity index (χ4n) is 2.33. The minimum atomic E-state index is -0.327. The van der Waals surface area contributed by atoms with Crippen molar-refractivity contribution in [1.29, 1.82) is 0 Å². The zero-order valence-electron chi connectivity index (χ0n) is 10.5. The first-order valence-corrected chi connectivity index (χ1v) is 8.16. The molecule has 0 saturated carbocycles. The molecule has 1 aliphatic heterocycles. The molecule has 0 radical (unpaired) electrons. The number of thioether (sulfide) groups is 1. The minimum absolute atomic E-state index is 0.0926. The average molecular weight is 298 g/mol. The summed E-state index contributed by atoms with van der Waals surface area (Å²) < 4.78 is 1.57. The normalized spacial score (nSPS) is 20.7. The third-order valence-electron chi connectivity index (χ3n) is 3.35. The van der Waals surface area contributed by atoms with Gasteiger partial charge in [0.05, 0.1) is 0 Å². The van der Waals surface area contributed by atoms with Gasteiger partial charge in [-0.15, -0.1) is 0 Å². The number of imidazole rings is 1. The molecule has 2 aromatic rings. The highest BCUT2D eigenvalue weighted by Gasteiger charge is 2.30. The number of aromatic nitrogens is 2. The van der Waals surface area contributed by atoms with Crippen LogP contribution in [0.3, 0.4) is 0 Å². The fourth-order valence-corrected chi connectivity index (χ4v) is 4.08. The largest absolute Gasteiger partial charge is 0.373 e.